The van der Waals surface area contributed by atoms with Crippen LogP contribution < -0.4 is 4.74 Å². The number of aromatic nitrogens is 3. The van der Waals surface area contributed by atoms with E-state index in [-0.39, 0.29) is 5.91 Å². The highest BCUT2D eigenvalue weighted by Gasteiger charge is 2.28. The fourth-order valence-corrected chi connectivity index (χ4v) is 3.13. The van der Waals surface area contributed by atoms with E-state index >= 15 is 0 Å². The van der Waals surface area contributed by atoms with E-state index in [2.05, 4.69) is 14.5 Å². The molecule has 0 aromatic carbocycles. The number of hydrogen-bond donors (Lipinski definition) is 0. The maximum absolute atomic E-state index is 12.5. The highest BCUT2D eigenvalue weighted by atomic mass is 16.5. The van der Waals surface area contributed by atoms with Crippen molar-refractivity contribution in [3.63, 3.8) is 0 Å². The van der Waals surface area contributed by atoms with Gasteiger partial charge >= 0.3 is 0 Å². The van der Waals surface area contributed by atoms with Crippen LogP contribution in [-0.4, -0.2) is 31.9 Å². The second-order valence-corrected chi connectivity index (χ2v) is 6.63. The third-order valence-electron chi connectivity index (χ3n) is 4.72. The molecule has 24 heavy (non-hydrogen) atoms. The van der Waals surface area contributed by atoms with Crippen molar-refractivity contribution < 1.29 is 9.53 Å². The molecule has 1 aliphatic carbocycles. The molecule has 1 saturated carbocycles. The molecule has 0 spiro atoms. The molecule has 0 unspecified atom stereocenters. The Balaban J connectivity index is 1.46. The first-order chi connectivity index (χ1) is 11.8. The standard InChI is InChI=1S/C18H22N4O2/c23-18(9-14-4-5-14)21-7-2-8-22-13-20-16(17(22)11-21)12-24-15-3-1-6-19-10-15/h1,3,6,10,13-14H,2,4-5,7-9,11-12H2. The number of ether oxygens (including phenoxy) is 1. The third-order valence-corrected chi connectivity index (χ3v) is 4.72. The molecule has 0 atom stereocenters. The summed E-state index contributed by atoms with van der Waals surface area (Å²) < 4.78 is 7.94. The van der Waals surface area contributed by atoms with Gasteiger partial charge in [-0.25, -0.2) is 4.98 Å². The van der Waals surface area contributed by atoms with Gasteiger partial charge in [-0.1, -0.05) is 0 Å². The zero-order valence-corrected chi connectivity index (χ0v) is 13.7. The first kappa shape index (κ1) is 15.2. The summed E-state index contributed by atoms with van der Waals surface area (Å²) in [6.45, 7) is 2.77. The summed E-state index contributed by atoms with van der Waals surface area (Å²) in [6.07, 6.45) is 9.38. The van der Waals surface area contributed by atoms with Gasteiger partial charge in [0, 0.05) is 25.7 Å². The monoisotopic (exact) mass is 326 g/mol. The van der Waals surface area contributed by atoms with Crippen molar-refractivity contribution in [3.05, 3.63) is 42.2 Å². The minimum Gasteiger partial charge on any atom is -0.486 e. The molecule has 1 amide bonds. The highest BCUT2D eigenvalue weighted by molar-refractivity contribution is 5.76. The van der Waals surface area contributed by atoms with E-state index in [1.165, 1.54) is 12.8 Å². The third kappa shape index (κ3) is 3.42. The molecule has 6 nitrogen and oxygen atoms in total. The number of rotatable bonds is 5. The topological polar surface area (TPSA) is 60.2 Å². The maximum Gasteiger partial charge on any atom is 0.223 e. The normalized spacial score (nSPS) is 17.2. The number of hydrogen-bond acceptors (Lipinski definition) is 4. The van der Waals surface area contributed by atoms with E-state index < -0.39 is 0 Å². The van der Waals surface area contributed by atoms with Gasteiger partial charge in [0.25, 0.3) is 0 Å². The average molecular weight is 326 g/mol. The molecule has 6 heteroatoms. The van der Waals surface area contributed by atoms with Gasteiger partial charge in [0.05, 0.1) is 24.8 Å². The molecular weight excluding hydrogens is 304 g/mol. The van der Waals surface area contributed by atoms with E-state index in [9.17, 15) is 4.79 Å². The fourth-order valence-electron chi connectivity index (χ4n) is 3.13. The van der Waals surface area contributed by atoms with Gasteiger partial charge in [-0.3, -0.25) is 9.78 Å². The summed E-state index contributed by atoms with van der Waals surface area (Å²) in [4.78, 5) is 23.0. The summed E-state index contributed by atoms with van der Waals surface area (Å²) in [5.74, 6) is 1.64. The molecule has 2 aromatic heterocycles. The molecular formula is C18H22N4O2. The van der Waals surface area contributed by atoms with Crippen molar-refractivity contribution in [2.75, 3.05) is 6.54 Å². The zero-order chi connectivity index (χ0) is 16.4. The minimum atomic E-state index is 0.284. The molecule has 2 aromatic rings. The van der Waals surface area contributed by atoms with Crippen LogP contribution in [0.5, 0.6) is 5.75 Å². The highest BCUT2D eigenvalue weighted by Crippen LogP contribution is 2.33. The van der Waals surface area contributed by atoms with E-state index in [1.807, 2.05) is 23.4 Å². The Bertz CT molecular complexity index is 709. The molecule has 0 saturated heterocycles. The van der Waals surface area contributed by atoms with Crippen LogP contribution in [0.15, 0.2) is 30.9 Å². The summed E-state index contributed by atoms with van der Waals surface area (Å²) in [6, 6.07) is 3.73. The van der Waals surface area contributed by atoms with E-state index in [4.69, 9.17) is 4.74 Å². The van der Waals surface area contributed by atoms with Crippen LogP contribution in [-0.2, 0) is 24.5 Å². The lowest BCUT2D eigenvalue weighted by atomic mass is 10.2. The Labute approximate surface area is 141 Å². The fraction of sp³-hybridized carbons (Fsp3) is 0.500. The molecule has 3 heterocycles. The summed E-state index contributed by atoms with van der Waals surface area (Å²) in [5.41, 5.74) is 2.01. The quantitative estimate of drug-likeness (QED) is 0.846. The van der Waals surface area contributed by atoms with Crippen molar-refractivity contribution in [2.24, 2.45) is 5.92 Å². The van der Waals surface area contributed by atoms with Gasteiger partial charge in [-0.15, -0.1) is 0 Å². The summed E-state index contributed by atoms with van der Waals surface area (Å²) >= 11 is 0. The first-order valence-electron chi connectivity index (χ1n) is 8.63. The Morgan fingerprint density at radius 2 is 2.25 bits per heavy atom. The van der Waals surface area contributed by atoms with Crippen LogP contribution in [0.1, 0.15) is 37.1 Å². The van der Waals surface area contributed by atoms with Crippen LogP contribution >= 0.6 is 0 Å². The van der Waals surface area contributed by atoms with Crippen LogP contribution in [0.3, 0.4) is 0 Å². The van der Waals surface area contributed by atoms with Gasteiger partial charge in [-0.05, 0) is 37.3 Å². The Kier molecular flexibility index (Phi) is 4.19. The Morgan fingerprint density at radius 3 is 3.04 bits per heavy atom. The Morgan fingerprint density at radius 1 is 1.33 bits per heavy atom. The number of amides is 1. The van der Waals surface area contributed by atoms with Crippen LogP contribution in [0.4, 0.5) is 0 Å². The SMILES string of the molecule is O=C(CC1CC1)N1CCCn2cnc(COc3cccnc3)c2C1. The molecule has 0 bridgehead atoms. The van der Waals surface area contributed by atoms with Crippen LogP contribution in [0.2, 0.25) is 0 Å². The van der Waals surface area contributed by atoms with Crippen molar-refractivity contribution in [1.29, 1.82) is 0 Å². The number of nitrogens with zero attached hydrogens (tertiary/aromatic N) is 4. The number of carbonyl (C=O) groups is 1. The van der Waals surface area contributed by atoms with Gasteiger partial charge in [-0.2, -0.15) is 0 Å². The van der Waals surface area contributed by atoms with Crippen LogP contribution in [0.25, 0.3) is 0 Å². The van der Waals surface area contributed by atoms with Crippen molar-refractivity contribution in [1.82, 2.24) is 19.4 Å². The first-order valence-corrected chi connectivity index (χ1v) is 8.63. The molecule has 1 aliphatic heterocycles. The lowest BCUT2D eigenvalue weighted by Gasteiger charge is -2.20. The predicted octanol–water partition coefficient (Wildman–Crippen LogP) is 2.39. The van der Waals surface area contributed by atoms with E-state index in [1.54, 1.807) is 12.4 Å². The number of aryl methyl sites for hydroxylation is 1. The number of carbonyl (C=O) groups excluding carboxylic acids is 1. The predicted molar refractivity (Wildman–Crippen MR) is 88.2 cm³/mol. The molecule has 2 aliphatic rings. The van der Waals surface area contributed by atoms with Gasteiger partial charge in [0.1, 0.15) is 18.1 Å². The molecule has 0 N–H and O–H groups in total. The molecule has 4 rings (SSSR count). The molecule has 0 radical (unpaired) electrons. The van der Waals surface area contributed by atoms with E-state index in [0.717, 1.165) is 36.6 Å². The average Bonchev–Trinajstić information content (AvgIpc) is 3.38. The zero-order valence-electron chi connectivity index (χ0n) is 13.7. The second kappa shape index (κ2) is 6.63. The van der Waals surface area contributed by atoms with Gasteiger partial charge in [0.2, 0.25) is 5.91 Å². The maximum atomic E-state index is 12.5. The van der Waals surface area contributed by atoms with Crippen molar-refractivity contribution >= 4 is 5.91 Å². The largest absolute Gasteiger partial charge is 0.486 e. The van der Waals surface area contributed by atoms with E-state index in [0.29, 0.717) is 25.5 Å². The number of pyridine rings is 1. The smallest absolute Gasteiger partial charge is 0.223 e. The number of imidazole rings is 1. The van der Waals surface area contributed by atoms with Gasteiger partial charge < -0.3 is 14.2 Å². The summed E-state index contributed by atoms with van der Waals surface area (Å²) in [5, 5.41) is 0. The lowest BCUT2D eigenvalue weighted by molar-refractivity contribution is -0.132. The Hall–Kier alpha value is -2.37. The molecule has 126 valence electrons. The number of fused-ring (bicyclic) bond motifs is 1. The van der Waals surface area contributed by atoms with Crippen molar-refractivity contribution in [3.8, 4) is 5.75 Å². The molecule has 1 fully saturated rings. The van der Waals surface area contributed by atoms with Gasteiger partial charge in [0.15, 0.2) is 0 Å². The second-order valence-electron chi connectivity index (χ2n) is 6.63. The van der Waals surface area contributed by atoms with Crippen LogP contribution in [0, 0.1) is 5.92 Å². The minimum absolute atomic E-state index is 0.284. The van der Waals surface area contributed by atoms with Crippen molar-refractivity contribution in [2.45, 2.75) is 45.4 Å². The lowest BCUT2D eigenvalue weighted by Crippen LogP contribution is -2.31. The summed E-state index contributed by atoms with van der Waals surface area (Å²) in [7, 11) is 0.